The van der Waals surface area contributed by atoms with Crippen molar-refractivity contribution in [3.63, 3.8) is 0 Å². The van der Waals surface area contributed by atoms with Crippen LogP contribution in [0.3, 0.4) is 0 Å². The summed E-state index contributed by atoms with van der Waals surface area (Å²) >= 11 is 0. The van der Waals surface area contributed by atoms with Crippen molar-refractivity contribution >= 4 is 43.6 Å². The van der Waals surface area contributed by atoms with Gasteiger partial charge < -0.3 is 4.57 Å². The molecule has 42 heavy (non-hydrogen) atoms. The summed E-state index contributed by atoms with van der Waals surface area (Å²) < 4.78 is 6.83. The maximum Gasteiger partial charge on any atom is 0.141 e. The first-order valence-corrected chi connectivity index (χ1v) is 14.5. The first-order valence-electron chi connectivity index (χ1n) is 14.5. The van der Waals surface area contributed by atoms with Crippen molar-refractivity contribution in [1.82, 2.24) is 23.9 Å². The van der Waals surface area contributed by atoms with Crippen LogP contribution in [0.2, 0.25) is 0 Å². The molecule has 0 amide bonds. The number of para-hydroxylation sites is 2. The van der Waals surface area contributed by atoms with Crippen LogP contribution in [0.5, 0.6) is 0 Å². The summed E-state index contributed by atoms with van der Waals surface area (Å²) in [6, 6.07) is 35.4. The van der Waals surface area contributed by atoms with Crippen LogP contribution >= 0.6 is 0 Å². The Morgan fingerprint density at radius 1 is 0.595 bits per heavy atom. The summed E-state index contributed by atoms with van der Waals surface area (Å²) in [7, 11) is 0. The number of nitrogens with zero attached hydrogens (tertiary/aromatic N) is 5. The molecule has 0 N–H and O–H groups in total. The van der Waals surface area contributed by atoms with Gasteiger partial charge in [0.1, 0.15) is 5.82 Å². The van der Waals surface area contributed by atoms with Gasteiger partial charge in [0.05, 0.1) is 33.4 Å². The van der Waals surface area contributed by atoms with Crippen molar-refractivity contribution in [2.75, 3.05) is 0 Å². The molecule has 4 aromatic heterocycles. The van der Waals surface area contributed by atoms with Gasteiger partial charge in [0, 0.05) is 50.1 Å². The molecule has 0 saturated heterocycles. The van der Waals surface area contributed by atoms with E-state index in [1.54, 1.807) is 0 Å². The highest BCUT2D eigenvalue weighted by atomic mass is 15.3. The fourth-order valence-electron chi connectivity index (χ4n) is 7.39. The summed E-state index contributed by atoms with van der Waals surface area (Å²) in [5.41, 5.74) is 11.6. The van der Waals surface area contributed by atoms with Crippen molar-refractivity contribution in [3.8, 4) is 17.2 Å². The van der Waals surface area contributed by atoms with Gasteiger partial charge in [-0.05, 0) is 61.9 Å². The molecule has 4 aromatic carbocycles. The predicted molar refractivity (Wildman–Crippen MR) is 172 cm³/mol. The number of hydrogen-bond acceptors (Lipinski definition) is 2. The number of rotatable bonds is 2. The Kier molecular flexibility index (Phi) is 4.47. The molecule has 1 aliphatic rings. The van der Waals surface area contributed by atoms with E-state index in [0.717, 1.165) is 34.1 Å². The van der Waals surface area contributed by atoms with Crippen molar-refractivity contribution < 1.29 is 0 Å². The minimum atomic E-state index is -0.136. The lowest BCUT2D eigenvalue weighted by molar-refractivity contribution is 0.624. The van der Waals surface area contributed by atoms with E-state index >= 15 is 0 Å². The fraction of sp³-hybridized carbons (Fsp3) is 0.135. The molecule has 0 radical (unpaired) electrons. The highest BCUT2D eigenvalue weighted by Crippen LogP contribution is 2.47. The summed E-state index contributed by atoms with van der Waals surface area (Å²) in [6.07, 6.45) is 1.91. The molecule has 0 aliphatic carbocycles. The first kappa shape index (κ1) is 23.5. The van der Waals surface area contributed by atoms with Gasteiger partial charge in [0.2, 0.25) is 0 Å². The lowest BCUT2D eigenvalue weighted by Crippen LogP contribution is -2.26. The zero-order chi connectivity index (χ0) is 28.3. The average molecular weight is 544 g/mol. The van der Waals surface area contributed by atoms with E-state index < -0.39 is 0 Å². The Balaban J connectivity index is 1.39. The molecule has 0 fully saturated rings. The predicted octanol–water partition coefficient (Wildman–Crippen LogP) is 8.72. The van der Waals surface area contributed by atoms with Gasteiger partial charge in [-0.15, -0.1) is 0 Å². The summed E-state index contributed by atoms with van der Waals surface area (Å²) in [6.45, 7) is 8.78. The minimum Gasteiger partial charge on any atom is -0.309 e. The molecule has 0 unspecified atom stereocenters. The third kappa shape index (κ3) is 2.92. The van der Waals surface area contributed by atoms with E-state index in [0.29, 0.717) is 0 Å². The third-order valence-electron chi connectivity index (χ3n) is 9.29. The Bertz CT molecular complexity index is 2410. The average Bonchev–Trinajstić information content (AvgIpc) is 3.64. The van der Waals surface area contributed by atoms with E-state index in [9.17, 15) is 0 Å². The highest BCUT2D eigenvalue weighted by Gasteiger charge is 2.35. The highest BCUT2D eigenvalue weighted by molar-refractivity contribution is 6.13. The molecule has 0 spiro atoms. The minimum absolute atomic E-state index is 0.136. The molecule has 5 heteroatoms. The molecule has 1 aliphatic heterocycles. The van der Waals surface area contributed by atoms with Crippen molar-refractivity contribution in [2.45, 2.75) is 33.1 Å². The maximum absolute atomic E-state index is 4.96. The van der Waals surface area contributed by atoms with Gasteiger partial charge in [0.15, 0.2) is 0 Å². The SMILES string of the molecule is Cc1cc(C)n(-c2ccc3c4ccccc4n(-c4ccc5c6cccc7c6n(c5c4)-c4ncccc4C7(C)C)c3c2)n1. The number of benzene rings is 4. The van der Waals surface area contributed by atoms with Crippen LogP contribution in [0.1, 0.15) is 36.4 Å². The summed E-state index contributed by atoms with van der Waals surface area (Å²) in [4.78, 5) is 4.96. The number of aryl methyl sites for hydroxylation is 2. The normalized spacial score (nSPS) is 13.9. The zero-order valence-electron chi connectivity index (χ0n) is 24.1. The lowest BCUT2D eigenvalue weighted by atomic mass is 9.76. The van der Waals surface area contributed by atoms with Crippen molar-refractivity contribution in [3.05, 3.63) is 126 Å². The van der Waals surface area contributed by atoms with Gasteiger partial charge in [-0.25, -0.2) is 9.67 Å². The van der Waals surface area contributed by atoms with Gasteiger partial charge >= 0.3 is 0 Å². The Labute approximate surface area is 243 Å². The number of pyridine rings is 1. The van der Waals surface area contributed by atoms with Crippen molar-refractivity contribution in [1.29, 1.82) is 0 Å². The summed E-state index contributed by atoms with van der Waals surface area (Å²) in [5.74, 6) is 1.02. The quantitative estimate of drug-likeness (QED) is 0.219. The largest absolute Gasteiger partial charge is 0.309 e. The van der Waals surface area contributed by atoms with Gasteiger partial charge in [0.25, 0.3) is 0 Å². The molecule has 8 aromatic rings. The van der Waals surface area contributed by atoms with Gasteiger partial charge in [-0.1, -0.05) is 68.4 Å². The Morgan fingerprint density at radius 2 is 1.29 bits per heavy atom. The second-order valence-electron chi connectivity index (χ2n) is 12.1. The van der Waals surface area contributed by atoms with Crippen LogP contribution < -0.4 is 0 Å². The maximum atomic E-state index is 4.96. The Morgan fingerprint density at radius 3 is 2.12 bits per heavy atom. The molecular weight excluding hydrogens is 514 g/mol. The van der Waals surface area contributed by atoms with E-state index in [-0.39, 0.29) is 5.41 Å². The second kappa shape index (κ2) is 7.98. The number of hydrogen-bond donors (Lipinski definition) is 0. The molecule has 0 atom stereocenters. The lowest BCUT2D eigenvalue weighted by Gasteiger charge is -2.33. The van der Waals surface area contributed by atoms with Crippen LogP contribution in [0, 0.1) is 13.8 Å². The van der Waals surface area contributed by atoms with Crippen LogP contribution in [-0.2, 0) is 5.41 Å². The van der Waals surface area contributed by atoms with Crippen molar-refractivity contribution in [2.24, 2.45) is 0 Å². The second-order valence-corrected chi connectivity index (χ2v) is 12.1. The number of aromatic nitrogens is 5. The molecule has 9 rings (SSSR count). The zero-order valence-corrected chi connectivity index (χ0v) is 24.1. The van der Waals surface area contributed by atoms with E-state index in [4.69, 9.17) is 10.1 Å². The molecular formula is C37H29N5. The van der Waals surface area contributed by atoms with Gasteiger partial charge in [-0.2, -0.15) is 5.10 Å². The fourth-order valence-corrected chi connectivity index (χ4v) is 7.39. The first-order chi connectivity index (χ1) is 20.4. The van der Waals surface area contributed by atoms with Crippen LogP contribution in [-0.4, -0.2) is 23.9 Å². The Hall–Kier alpha value is -5.16. The van der Waals surface area contributed by atoms with Crippen LogP contribution in [0.4, 0.5) is 0 Å². The monoisotopic (exact) mass is 543 g/mol. The third-order valence-corrected chi connectivity index (χ3v) is 9.29. The molecule has 202 valence electrons. The van der Waals surface area contributed by atoms with Gasteiger partial charge in [-0.3, -0.25) is 4.57 Å². The smallest absolute Gasteiger partial charge is 0.141 e. The van der Waals surface area contributed by atoms with E-state index in [1.165, 1.54) is 49.2 Å². The number of fused-ring (bicyclic) bond motifs is 8. The van der Waals surface area contributed by atoms with E-state index in [1.807, 2.05) is 17.8 Å². The molecule has 5 heterocycles. The molecule has 0 bridgehead atoms. The van der Waals surface area contributed by atoms with Crippen LogP contribution in [0.25, 0.3) is 60.8 Å². The molecule has 5 nitrogen and oxygen atoms in total. The topological polar surface area (TPSA) is 40.6 Å². The standard InChI is InChI=1S/C37H29N5/c1-22-19-23(2)42(39-22)25-15-17-27-26-9-5-6-13-32(26)40(33(27)21-25)24-14-16-28-29-10-7-11-30-35(29)41(34(28)20-24)36-31(37(30,3)4)12-8-18-38-36/h5-21H,1-4H3. The van der Waals surface area contributed by atoms with Crippen LogP contribution in [0.15, 0.2) is 103 Å². The molecule has 0 saturated carbocycles. The summed E-state index contributed by atoms with van der Waals surface area (Å²) in [5, 5.41) is 9.76. The van der Waals surface area contributed by atoms with E-state index in [2.05, 4.69) is 127 Å².